The molecule has 1 aliphatic heterocycles. The van der Waals surface area contributed by atoms with Crippen molar-refractivity contribution in [2.45, 2.75) is 45.6 Å². The van der Waals surface area contributed by atoms with E-state index in [4.69, 9.17) is 4.42 Å². The van der Waals surface area contributed by atoms with E-state index in [0.717, 1.165) is 29.8 Å². The van der Waals surface area contributed by atoms with Crippen molar-refractivity contribution < 1.29 is 14.0 Å². The molecule has 1 saturated heterocycles. The van der Waals surface area contributed by atoms with E-state index in [1.54, 1.807) is 6.07 Å². The maximum Gasteiger partial charge on any atom is 0.257 e. The zero-order valence-electron chi connectivity index (χ0n) is 15.6. The first-order valence-corrected chi connectivity index (χ1v) is 9.05. The van der Waals surface area contributed by atoms with Crippen LogP contribution in [0.2, 0.25) is 0 Å². The molecular formula is C19H26N4O3. The van der Waals surface area contributed by atoms with Gasteiger partial charge in [-0.1, -0.05) is 0 Å². The van der Waals surface area contributed by atoms with Crippen molar-refractivity contribution >= 4 is 11.8 Å². The lowest BCUT2D eigenvalue weighted by Gasteiger charge is -2.32. The van der Waals surface area contributed by atoms with E-state index in [2.05, 4.69) is 10.4 Å². The highest BCUT2D eigenvalue weighted by Crippen LogP contribution is 2.16. The summed E-state index contributed by atoms with van der Waals surface area (Å²) in [6, 6.07) is 1.81. The number of nitrogens with one attached hydrogen (secondary N) is 1. The van der Waals surface area contributed by atoms with Crippen LogP contribution < -0.4 is 5.32 Å². The van der Waals surface area contributed by atoms with Gasteiger partial charge in [-0.2, -0.15) is 5.10 Å². The van der Waals surface area contributed by atoms with Crippen molar-refractivity contribution in [3.05, 3.63) is 41.1 Å². The number of rotatable bonds is 5. The Kier molecular flexibility index (Phi) is 5.44. The highest BCUT2D eigenvalue weighted by atomic mass is 16.3. The molecule has 0 saturated carbocycles. The van der Waals surface area contributed by atoms with Crippen LogP contribution in [0.5, 0.6) is 0 Å². The van der Waals surface area contributed by atoms with Crippen LogP contribution in [0.25, 0.3) is 0 Å². The second-order valence-electron chi connectivity index (χ2n) is 6.92. The maximum atomic E-state index is 12.3. The van der Waals surface area contributed by atoms with Gasteiger partial charge < -0.3 is 14.6 Å². The Labute approximate surface area is 153 Å². The molecule has 0 aromatic carbocycles. The Bertz CT molecular complexity index is 771. The fourth-order valence-corrected chi connectivity index (χ4v) is 3.51. The molecule has 140 valence electrons. The van der Waals surface area contributed by atoms with E-state index in [9.17, 15) is 9.59 Å². The lowest BCUT2D eigenvalue weighted by atomic mass is 10.0. The van der Waals surface area contributed by atoms with Crippen LogP contribution >= 0.6 is 0 Å². The minimum absolute atomic E-state index is 0.00828. The third kappa shape index (κ3) is 3.98. The van der Waals surface area contributed by atoms with Crippen LogP contribution in [0, 0.1) is 13.8 Å². The van der Waals surface area contributed by atoms with Crippen molar-refractivity contribution in [1.29, 1.82) is 0 Å². The topological polar surface area (TPSA) is 80.4 Å². The number of nitrogens with zero attached hydrogens (tertiary/aromatic N) is 3. The van der Waals surface area contributed by atoms with Crippen LogP contribution in [0.3, 0.4) is 0 Å². The zero-order valence-corrected chi connectivity index (χ0v) is 15.6. The standard InChI is InChI=1S/C19H26N4O3/c1-13-17(14(2)22(3)21-13)4-5-18(24)20-16-6-9-23(10-7-16)19(25)15-8-11-26-12-15/h8,11-12,16H,4-7,9-10H2,1-3H3,(H,20,24). The number of amides is 2. The summed E-state index contributed by atoms with van der Waals surface area (Å²) in [4.78, 5) is 26.4. The summed E-state index contributed by atoms with van der Waals surface area (Å²) < 4.78 is 6.83. The summed E-state index contributed by atoms with van der Waals surface area (Å²) in [5, 5.41) is 7.50. The van der Waals surface area contributed by atoms with Gasteiger partial charge in [0.1, 0.15) is 6.26 Å². The Balaban J connectivity index is 1.44. The van der Waals surface area contributed by atoms with Gasteiger partial charge in [0.05, 0.1) is 17.5 Å². The molecule has 3 rings (SSSR count). The molecule has 1 N–H and O–H groups in total. The minimum Gasteiger partial charge on any atom is -0.472 e. The average molecular weight is 358 g/mol. The van der Waals surface area contributed by atoms with E-state index in [-0.39, 0.29) is 17.9 Å². The fraction of sp³-hybridized carbons (Fsp3) is 0.526. The third-order valence-corrected chi connectivity index (χ3v) is 5.18. The largest absolute Gasteiger partial charge is 0.472 e. The molecule has 1 aliphatic rings. The number of carbonyl (C=O) groups is 2. The van der Waals surface area contributed by atoms with Crippen molar-refractivity contribution in [2.75, 3.05) is 13.1 Å². The molecule has 2 aromatic rings. The number of aryl methyl sites for hydroxylation is 2. The molecule has 0 unspecified atom stereocenters. The summed E-state index contributed by atoms with van der Waals surface area (Å²) in [6.45, 7) is 5.30. The number of aromatic nitrogens is 2. The molecule has 2 aromatic heterocycles. The lowest BCUT2D eigenvalue weighted by molar-refractivity contribution is -0.122. The molecule has 0 radical (unpaired) electrons. The Hall–Kier alpha value is -2.57. The molecule has 7 nitrogen and oxygen atoms in total. The molecule has 0 atom stereocenters. The number of piperidine rings is 1. The van der Waals surface area contributed by atoms with Gasteiger partial charge in [-0.3, -0.25) is 14.3 Å². The van der Waals surface area contributed by atoms with Crippen LogP contribution in [-0.4, -0.2) is 45.6 Å². The van der Waals surface area contributed by atoms with Gasteiger partial charge in [0.2, 0.25) is 5.91 Å². The van der Waals surface area contributed by atoms with Gasteiger partial charge in [0.15, 0.2) is 0 Å². The molecular weight excluding hydrogens is 332 g/mol. The zero-order chi connectivity index (χ0) is 18.7. The van der Waals surface area contributed by atoms with E-state index < -0.39 is 0 Å². The van der Waals surface area contributed by atoms with Crippen molar-refractivity contribution in [3.8, 4) is 0 Å². The predicted molar refractivity (Wildman–Crippen MR) is 96.8 cm³/mol. The first-order valence-electron chi connectivity index (χ1n) is 9.05. The molecule has 0 aliphatic carbocycles. The van der Waals surface area contributed by atoms with E-state index in [1.807, 2.05) is 30.5 Å². The highest BCUT2D eigenvalue weighted by Gasteiger charge is 2.25. The normalized spacial score (nSPS) is 15.3. The van der Waals surface area contributed by atoms with Gasteiger partial charge in [0.25, 0.3) is 5.91 Å². The van der Waals surface area contributed by atoms with Gasteiger partial charge in [-0.25, -0.2) is 0 Å². The Morgan fingerprint density at radius 3 is 2.62 bits per heavy atom. The quantitative estimate of drug-likeness (QED) is 0.886. The number of hydrogen-bond donors (Lipinski definition) is 1. The molecule has 7 heteroatoms. The minimum atomic E-state index is -0.00828. The number of furan rings is 1. The smallest absolute Gasteiger partial charge is 0.257 e. The monoisotopic (exact) mass is 358 g/mol. The van der Waals surface area contributed by atoms with Crippen molar-refractivity contribution in [3.63, 3.8) is 0 Å². The van der Waals surface area contributed by atoms with E-state index >= 15 is 0 Å². The molecule has 0 spiro atoms. The number of likely N-dealkylation sites (tertiary alicyclic amines) is 1. The summed E-state index contributed by atoms with van der Waals surface area (Å²) in [5.41, 5.74) is 3.84. The third-order valence-electron chi connectivity index (χ3n) is 5.18. The molecule has 2 amide bonds. The lowest BCUT2D eigenvalue weighted by Crippen LogP contribution is -2.46. The predicted octanol–water partition coefficient (Wildman–Crippen LogP) is 1.98. The second kappa shape index (κ2) is 7.76. The van der Waals surface area contributed by atoms with Crippen LogP contribution in [0.15, 0.2) is 23.0 Å². The van der Waals surface area contributed by atoms with Crippen molar-refractivity contribution in [2.24, 2.45) is 7.05 Å². The SMILES string of the molecule is Cc1nn(C)c(C)c1CCC(=O)NC1CCN(C(=O)c2ccoc2)CC1. The first-order chi connectivity index (χ1) is 12.5. The molecule has 1 fully saturated rings. The van der Waals surface area contributed by atoms with E-state index in [0.29, 0.717) is 31.5 Å². The number of hydrogen-bond acceptors (Lipinski definition) is 4. The summed E-state index contributed by atoms with van der Waals surface area (Å²) in [5.74, 6) is 0.0540. The Morgan fingerprint density at radius 1 is 1.31 bits per heavy atom. The van der Waals surface area contributed by atoms with Gasteiger partial charge >= 0.3 is 0 Å². The molecule has 0 bridgehead atoms. The maximum absolute atomic E-state index is 12.3. The molecule has 3 heterocycles. The molecule has 26 heavy (non-hydrogen) atoms. The van der Waals surface area contributed by atoms with Gasteiger partial charge in [-0.15, -0.1) is 0 Å². The average Bonchev–Trinajstić information content (AvgIpc) is 3.23. The van der Waals surface area contributed by atoms with Crippen LogP contribution in [-0.2, 0) is 18.3 Å². The first kappa shape index (κ1) is 18.2. The fourth-order valence-electron chi connectivity index (χ4n) is 3.51. The van der Waals surface area contributed by atoms with Crippen LogP contribution in [0.1, 0.15) is 46.6 Å². The summed E-state index contributed by atoms with van der Waals surface area (Å²) in [7, 11) is 1.92. The van der Waals surface area contributed by atoms with Crippen LogP contribution in [0.4, 0.5) is 0 Å². The number of carbonyl (C=O) groups excluding carboxylic acids is 2. The summed E-state index contributed by atoms with van der Waals surface area (Å²) in [6.07, 6.45) is 5.70. The second-order valence-corrected chi connectivity index (χ2v) is 6.92. The van der Waals surface area contributed by atoms with Crippen molar-refractivity contribution in [1.82, 2.24) is 20.0 Å². The Morgan fingerprint density at radius 2 is 2.04 bits per heavy atom. The summed E-state index contributed by atoms with van der Waals surface area (Å²) >= 11 is 0. The van der Waals surface area contributed by atoms with Gasteiger partial charge in [0, 0.05) is 38.3 Å². The van der Waals surface area contributed by atoms with E-state index in [1.165, 1.54) is 12.5 Å². The highest BCUT2D eigenvalue weighted by molar-refractivity contribution is 5.93. The van der Waals surface area contributed by atoms with Gasteiger partial charge in [-0.05, 0) is 44.7 Å².